The Bertz CT molecular complexity index is 638. The second-order valence-corrected chi connectivity index (χ2v) is 4.74. The summed E-state index contributed by atoms with van der Waals surface area (Å²) in [7, 11) is 1.56. The summed E-state index contributed by atoms with van der Waals surface area (Å²) < 4.78 is 5.10. The van der Waals surface area contributed by atoms with Crippen molar-refractivity contribution in [1.82, 2.24) is 5.43 Å². The molecule has 1 aromatic carbocycles. The van der Waals surface area contributed by atoms with Gasteiger partial charge in [-0.15, -0.1) is 0 Å². The Morgan fingerprint density at radius 2 is 1.90 bits per heavy atom. The van der Waals surface area contributed by atoms with E-state index in [0.717, 1.165) is 5.56 Å². The van der Waals surface area contributed by atoms with Gasteiger partial charge in [0.2, 0.25) is 5.91 Å². The molecular formula is C15H14N4O2. The number of nitrogens with zero attached hydrogens (tertiary/aromatic N) is 3. The number of benzene rings is 1. The molecule has 0 aromatic heterocycles. The number of nitrogens with one attached hydrogen (secondary N) is 1. The minimum absolute atomic E-state index is 0.288. The maximum atomic E-state index is 12.0. The average molecular weight is 282 g/mol. The van der Waals surface area contributed by atoms with Gasteiger partial charge in [-0.05, 0) is 24.6 Å². The van der Waals surface area contributed by atoms with Crippen LogP contribution in [0.2, 0.25) is 0 Å². The van der Waals surface area contributed by atoms with Gasteiger partial charge in [0.15, 0.2) is 0 Å². The molecule has 2 unspecified atom stereocenters. The fourth-order valence-corrected chi connectivity index (χ4v) is 2.49. The lowest BCUT2D eigenvalue weighted by molar-refractivity contribution is -0.122. The van der Waals surface area contributed by atoms with E-state index < -0.39 is 17.8 Å². The van der Waals surface area contributed by atoms with Gasteiger partial charge in [-0.1, -0.05) is 12.1 Å². The summed E-state index contributed by atoms with van der Waals surface area (Å²) in [6.07, 6.45) is 0. The van der Waals surface area contributed by atoms with Crippen LogP contribution in [0.1, 0.15) is 18.4 Å². The van der Waals surface area contributed by atoms with Gasteiger partial charge in [0.05, 0.1) is 25.2 Å². The average Bonchev–Trinajstić information content (AvgIpc) is 2.84. The van der Waals surface area contributed by atoms with Crippen molar-refractivity contribution in [3.8, 4) is 17.9 Å². The summed E-state index contributed by atoms with van der Waals surface area (Å²) in [5.74, 6) is -1.72. The van der Waals surface area contributed by atoms with Gasteiger partial charge < -0.3 is 4.74 Å². The van der Waals surface area contributed by atoms with Crippen molar-refractivity contribution in [2.45, 2.75) is 12.8 Å². The SMILES string of the molecule is COc1ccc(C(C(C#N)C#N)C2C(=O)NN=C2C)cc1. The normalized spacial score (nSPS) is 18.4. The summed E-state index contributed by atoms with van der Waals surface area (Å²) in [6.45, 7) is 1.71. The number of ether oxygens (including phenoxy) is 1. The predicted octanol–water partition coefficient (Wildman–Crippen LogP) is 1.56. The number of rotatable bonds is 4. The van der Waals surface area contributed by atoms with Crippen LogP contribution in [0, 0.1) is 34.5 Å². The first-order valence-corrected chi connectivity index (χ1v) is 6.39. The van der Waals surface area contributed by atoms with Crippen LogP contribution < -0.4 is 10.2 Å². The van der Waals surface area contributed by atoms with Crippen molar-refractivity contribution in [3.05, 3.63) is 29.8 Å². The van der Waals surface area contributed by atoms with Gasteiger partial charge in [0.1, 0.15) is 11.7 Å². The highest BCUT2D eigenvalue weighted by atomic mass is 16.5. The summed E-state index contributed by atoms with van der Waals surface area (Å²) >= 11 is 0. The van der Waals surface area contributed by atoms with E-state index in [1.165, 1.54) is 0 Å². The standard InChI is InChI=1S/C15H14N4O2/c1-9-13(15(20)19-18-9)14(11(7-16)8-17)10-3-5-12(21-2)6-4-10/h3-6,11,13-14H,1-2H3,(H,19,20). The molecule has 1 N–H and O–H groups in total. The Balaban J connectivity index is 2.46. The molecule has 6 nitrogen and oxygen atoms in total. The van der Waals surface area contributed by atoms with E-state index in [1.54, 1.807) is 38.3 Å². The Labute approximate surface area is 122 Å². The van der Waals surface area contributed by atoms with Crippen molar-refractivity contribution < 1.29 is 9.53 Å². The van der Waals surface area contributed by atoms with Gasteiger partial charge in [-0.2, -0.15) is 15.6 Å². The fraction of sp³-hybridized carbons (Fsp3) is 0.333. The fourth-order valence-electron chi connectivity index (χ4n) is 2.49. The number of amides is 1. The molecule has 21 heavy (non-hydrogen) atoms. The van der Waals surface area contributed by atoms with Gasteiger partial charge in [-0.3, -0.25) is 4.79 Å². The maximum Gasteiger partial charge on any atom is 0.249 e. The van der Waals surface area contributed by atoms with Crippen LogP contribution in [0.4, 0.5) is 0 Å². The third kappa shape index (κ3) is 2.70. The lowest BCUT2D eigenvalue weighted by atomic mass is 9.76. The molecule has 0 bridgehead atoms. The minimum atomic E-state index is -0.933. The van der Waals surface area contributed by atoms with Gasteiger partial charge in [0, 0.05) is 11.6 Å². The number of hydrogen-bond acceptors (Lipinski definition) is 5. The number of carbonyl (C=O) groups is 1. The lowest BCUT2D eigenvalue weighted by Crippen LogP contribution is -2.32. The first kappa shape index (κ1) is 14.5. The summed E-state index contributed by atoms with van der Waals surface area (Å²) in [4.78, 5) is 12.0. The molecule has 1 aromatic rings. The second kappa shape index (κ2) is 6.06. The molecule has 0 aliphatic carbocycles. The molecule has 1 aliphatic heterocycles. The highest BCUT2D eigenvalue weighted by Gasteiger charge is 2.40. The molecule has 0 radical (unpaired) electrons. The van der Waals surface area contributed by atoms with Crippen molar-refractivity contribution >= 4 is 11.6 Å². The number of hydrazone groups is 1. The van der Waals surface area contributed by atoms with Gasteiger partial charge in [0.25, 0.3) is 0 Å². The summed E-state index contributed by atoms with van der Waals surface area (Å²) in [5.41, 5.74) is 3.72. The molecule has 1 aliphatic rings. The highest BCUT2D eigenvalue weighted by molar-refractivity contribution is 6.07. The molecule has 0 spiro atoms. The molecule has 0 fully saturated rings. The zero-order chi connectivity index (χ0) is 15.4. The smallest absolute Gasteiger partial charge is 0.249 e. The van der Waals surface area contributed by atoms with Crippen LogP contribution in [0.15, 0.2) is 29.4 Å². The third-order valence-corrected chi connectivity index (χ3v) is 3.57. The van der Waals surface area contributed by atoms with Crippen LogP contribution in [-0.2, 0) is 4.79 Å². The van der Waals surface area contributed by atoms with E-state index in [9.17, 15) is 15.3 Å². The van der Waals surface area contributed by atoms with Crippen LogP contribution in [-0.4, -0.2) is 18.7 Å². The highest BCUT2D eigenvalue weighted by Crippen LogP contribution is 2.35. The monoisotopic (exact) mass is 282 g/mol. The molecule has 0 saturated carbocycles. The van der Waals surface area contributed by atoms with E-state index in [-0.39, 0.29) is 5.91 Å². The van der Waals surface area contributed by atoms with Gasteiger partial charge >= 0.3 is 0 Å². The first-order valence-electron chi connectivity index (χ1n) is 6.39. The first-order chi connectivity index (χ1) is 10.1. The molecular weight excluding hydrogens is 268 g/mol. The Morgan fingerprint density at radius 3 is 2.33 bits per heavy atom. The van der Waals surface area contributed by atoms with Crippen molar-refractivity contribution in [2.24, 2.45) is 16.9 Å². The van der Waals surface area contributed by atoms with E-state index in [2.05, 4.69) is 10.5 Å². The number of hydrogen-bond donors (Lipinski definition) is 1. The summed E-state index contributed by atoms with van der Waals surface area (Å²) in [6, 6.07) is 11.0. The van der Waals surface area contributed by atoms with E-state index >= 15 is 0 Å². The minimum Gasteiger partial charge on any atom is -0.497 e. The van der Waals surface area contributed by atoms with Crippen molar-refractivity contribution in [3.63, 3.8) is 0 Å². The third-order valence-electron chi connectivity index (χ3n) is 3.57. The topological polar surface area (TPSA) is 98.3 Å². The zero-order valence-corrected chi connectivity index (χ0v) is 11.7. The Kier molecular flexibility index (Phi) is 4.20. The van der Waals surface area contributed by atoms with Crippen molar-refractivity contribution in [1.29, 1.82) is 10.5 Å². The van der Waals surface area contributed by atoms with E-state index in [4.69, 9.17) is 4.74 Å². The molecule has 1 amide bonds. The molecule has 2 rings (SSSR count). The molecule has 106 valence electrons. The lowest BCUT2D eigenvalue weighted by Gasteiger charge is -2.23. The number of methoxy groups -OCH3 is 1. The van der Waals surface area contributed by atoms with Crippen LogP contribution in [0.25, 0.3) is 0 Å². The molecule has 0 saturated heterocycles. The zero-order valence-electron chi connectivity index (χ0n) is 11.7. The molecule has 1 heterocycles. The van der Waals surface area contributed by atoms with E-state index in [1.807, 2.05) is 12.1 Å². The quantitative estimate of drug-likeness (QED) is 0.906. The van der Waals surface area contributed by atoms with Crippen molar-refractivity contribution in [2.75, 3.05) is 7.11 Å². The van der Waals surface area contributed by atoms with Gasteiger partial charge in [-0.25, -0.2) is 5.43 Å². The molecule has 6 heteroatoms. The van der Waals surface area contributed by atoms with Crippen LogP contribution in [0.3, 0.4) is 0 Å². The maximum absolute atomic E-state index is 12.0. The predicted molar refractivity (Wildman–Crippen MR) is 75.2 cm³/mol. The number of nitriles is 2. The van der Waals surface area contributed by atoms with E-state index in [0.29, 0.717) is 11.5 Å². The second-order valence-electron chi connectivity index (χ2n) is 4.74. The Morgan fingerprint density at radius 1 is 1.29 bits per heavy atom. The Hall–Kier alpha value is -2.86. The molecule has 2 atom stereocenters. The van der Waals surface area contributed by atoms with Crippen LogP contribution in [0.5, 0.6) is 5.75 Å². The summed E-state index contributed by atoms with van der Waals surface area (Å²) in [5, 5.41) is 22.3. The van der Waals surface area contributed by atoms with Crippen LogP contribution >= 0.6 is 0 Å². The number of carbonyl (C=O) groups excluding carboxylic acids is 1. The largest absolute Gasteiger partial charge is 0.497 e.